The monoisotopic (exact) mass is 276 g/mol. The molecule has 20 heavy (non-hydrogen) atoms. The highest BCUT2D eigenvalue weighted by Gasteiger charge is 2.32. The predicted molar refractivity (Wildman–Crippen MR) is 75.9 cm³/mol. The van der Waals surface area contributed by atoms with Gasteiger partial charge in [0.1, 0.15) is 13.2 Å². The number of nitrogens with two attached hydrogens (primary N) is 1. The smallest absolute Gasteiger partial charge is 0.227 e. The van der Waals surface area contributed by atoms with Gasteiger partial charge in [0, 0.05) is 17.7 Å². The summed E-state index contributed by atoms with van der Waals surface area (Å²) in [4.78, 5) is 12.3. The molecule has 1 amide bonds. The van der Waals surface area contributed by atoms with Crippen molar-refractivity contribution in [1.82, 2.24) is 0 Å². The number of carbonyl (C=O) groups is 1. The SMILES string of the molecule is NC[C@H]1CCC[C@H]1C(=O)Nc1ccc2c(c1)OCCO2. The second-order valence-corrected chi connectivity index (χ2v) is 5.38. The van der Waals surface area contributed by atoms with Gasteiger partial charge in [-0.3, -0.25) is 4.79 Å². The highest BCUT2D eigenvalue weighted by atomic mass is 16.6. The van der Waals surface area contributed by atoms with Crippen LogP contribution in [0.2, 0.25) is 0 Å². The average molecular weight is 276 g/mol. The number of rotatable bonds is 3. The highest BCUT2D eigenvalue weighted by Crippen LogP contribution is 2.34. The molecule has 1 saturated carbocycles. The Kier molecular flexibility index (Phi) is 3.78. The summed E-state index contributed by atoms with van der Waals surface area (Å²) in [6, 6.07) is 5.50. The minimum Gasteiger partial charge on any atom is -0.486 e. The number of anilines is 1. The molecule has 108 valence electrons. The van der Waals surface area contributed by atoms with Gasteiger partial charge in [0.25, 0.3) is 0 Å². The first-order valence-corrected chi connectivity index (χ1v) is 7.18. The van der Waals surface area contributed by atoms with Crippen LogP contribution < -0.4 is 20.5 Å². The molecule has 5 heteroatoms. The lowest BCUT2D eigenvalue weighted by atomic mass is 9.95. The fourth-order valence-corrected chi connectivity index (χ4v) is 3.02. The first-order chi connectivity index (χ1) is 9.78. The molecule has 0 saturated heterocycles. The lowest BCUT2D eigenvalue weighted by molar-refractivity contribution is -0.120. The van der Waals surface area contributed by atoms with Crippen molar-refractivity contribution in [3.05, 3.63) is 18.2 Å². The number of benzene rings is 1. The Morgan fingerprint density at radius 3 is 2.85 bits per heavy atom. The van der Waals surface area contributed by atoms with Crippen molar-refractivity contribution >= 4 is 11.6 Å². The molecule has 3 rings (SSSR count). The second kappa shape index (κ2) is 5.71. The van der Waals surface area contributed by atoms with E-state index in [2.05, 4.69) is 5.32 Å². The normalized spacial score (nSPS) is 24.4. The van der Waals surface area contributed by atoms with Crippen molar-refractivity contribution in [2.75, 3.05) is 25.1 Å². The van der Waals surface area contributed by atoms with Crippen molar-refractivity contribution < 1.29 is 14.3 Å². The van der Waals surface area contributed by atoms with Crippen molar-refractivity contribution in [3.63, 3.8) is 0 Å². The quantitative estimate of drug-likeness (QED) is 0.882. The van der Waals surface area contributed by atoms with Crippen LogP contribution >= 0.6 is 0 Å². The van der Waals surface area contributed by atoms with Crippen molar-refractivity contribution in [2.45, 2.75) is 19.3 Å². The molecule has 0 bridgehead atoms. The van der Waals surface area contributed by atoms with Crippen molar-refractivity contribution in [2.24, 2.45) is 17.6 Å². The Bertz CT molecular complexity index is 504. The van der Waals surface area contributed by atoms with E-state index in [4.69, 9.17) is 15.2 Å². The maximum atomic E-state index is 12.3. The van der Waals surface area contributed by atoms with Gasteiger partial charge < -0.3 is 20.5 Å². The molecule has 1 aliphatic carbocycles. The lowest BCUT2D eigenvalue weighted by Crippen LogP contribution is -2.29. The zero-order chi connectivity index (χ0) is 13.9. The van der Waals surface area contributed by atoms with Crippen LogP contribution in [-0.2, 0) is 4.79 Å². The Morgan fingerprint density at radius 2 is 2.05 bits per heavy atom. The number of hydrogen-bond acceptors (Lipinski definition) is 4. The summed E-state index contributed by atoms with van der Waals surface area (Å²) in [5.74, 6) is 1.83. The average Bonchev–Trinajstić information content (AvgIpc) is 2.95. The number of amides is 1. The maximum Gasteiger partial charge on any atom is 0.227 e. The van der Waals surface area contributed by atoms with Gasteiger partial charge in [-0.25, -0.2) is 0 Å². The Morgan fingerprint density at radius 1 is 1.25 bits per heavy atom. The zero-order valence-corrected chi connectivity index (χ0v) is 11.4. The van der Waals surface area contributed by atoms with E-state index in [-0.39, 0.29) is 11.8 Å². The molecular weight excluding hydrogens is 256 g/mol. The predicted octanol–water partition coefficient (Wildman–Crippen LogP) is 1.77. The van der Waals surface area contributed by atoms with Crippen LogP contribution in [0.25, 0.3) is 0 Å². The summed E-state index contributed by atoms with van der Waals surface area (Å²) in [7, 11) is 0. The number of ether oxygens (including phenoxy) is 2. The van der Waals surface area contributed by atoms with Crippen LogP contribution in [0.1, 0.15) is 19.3 Å². The van der Waals surface area contributed by atoms with Gasteiger partial charge in [-0.05, 0) is 37.4 Å². The zero-order valence-electron chi connectivity index (χ0n) is 11.4. The third-order valence-corrected chi connectivity index (χ3v) is 4.11. The van der Waals surface area contributed by atoms with Crippen molar-refractivity contribution in [1.29, 1.82) is 0 Å². The Balaban J connectivity index is 1.69. The summed E-state index contributed by atoms with van der Waals surface area (Å²) >= 11 is 0. The van der Waals surface area contributed by atoms with Gasteiger partial charge in [-0.1, -0.05) is 6.42 Å². The largest absolute Gasteiger partial charge is 0.486 e. The minimum absolute atomic E-state index is 0.0354. The molecule has 1 heterocycles. The molecule has 5 nitrogen and oxygen atoms in total. The van der Waals surface area contributed by atoms with Crippen LogP contribution in [-0.4, -0.2) is 25.7 Å². The van der Waals surface area contributed by atoms with Gasteiger partial charge in [0.15, 0.2) is 11.5 Å². The van der Waals surface area contributed by atoms with Gasteiger partial charge in [-0.2, -0.15) is 0 Å². The molecule has 2 atom stereocenters. The van der Waals surface area contributed by atoms with Crippen LogP contribution in [0.3, 0.4) is 0 Å². The lowest BCUT2D eigenvalue weighted by Gasteiger charge is -2.20. The first kappa shape index (κ1) is 13.2. The Hall–Kier alpha value is -1.75. The van der Waals surface area contributed by atoms with Crippen LogP contribution in [0.4, 0.5) is 5.69 Å². The van der Waals surface area contributed by atoms with E-state index in [0.29, 0.717) is 31.4 Å². The number of fused-ring (bicyclic) bond motifs is 1. The first-order valence-electron chi connectivity index (χ1n) is 7.18. The van der Waals surface area contributed by atoms with E-state index in [1.54, 1.807) is 0 Å². The minimum atomic E-state index is 0.0354. The molecule has 1 aliphatic heterocycles. The summed E-state index contributed by atoms with van der Waals surface area (Å²) in [6.45, 7) is 1.69. The van der Waals surface area contributed by atoms with Crippen molar-refractivity contribution in [3.8, 4) is 11.5 Å². The van der Waals surface area contributed by atoms with Crippen LogP contribution in [0.5, 0.6) is 11.5 Å². The Labute approximate surface area is 118 Å². The molecule has 2 aliphatic rings. The van der Waals surface area contributed by atoms with E-state index in [9.17, 15) is 4.79 Å². The third-order valence-electron chi connectivity index (χ3n) is 4.11. The van der Waals surface area contributed by atoms with E-state index in [1.165, 1.54) is 0 Å². The molecule has 1 aromatic carbocycles. The number of carbonyl (C=O) groups excluding carboxylic acids is 1. The summed E-state index contributed by atoms with van der Waals surface area (Å²) < 4.78 is 11.0. The second-order valence-electron chi connectivity index (χ2n) is 5.38. The summed E-state index contributed by atoms with van der Waals surface area (Å²) in [6.07, 6.45) is 3.06. The third kappa shape index (κ3) is 2.58. The summed E-state index contributed by atoms with van der Waals surface area (Å²) in [5.41, 5.74) is 6.48. The van der Waals surface area contributed by atoms with Crippen LogP contribution in [0.15, 0.2) is 18.2 Å². The summed E-state index contributed by atoms with van der Waals surface area (Å²) in [5, 5.41) is 2.97. The fraction of sp³-hybridized carbons (Fsp3) is 0.533. The topological polar surface area (TPSA) is 73.6 Å². The number of nitrogens with one attached hydrogen (secondary N) is 1. The molecule has 0 aromatic heterocycles. The molecule has 3 N–H and O–H groups in total. The van der Waals surface area contributed by atoms with Crippen LogP contribution in [0, 0.1) is 11.8 Å². The number of hydrogen-bond donors (Lipinski definition) is 2. The van der Waals surface area contributed by atoms with Gasteiger partial charge in [0.05, 0.1) is 0 Å². The highest BCUT2D eigenvalue weighted by molar-refractivity contribution is 5.93. The van der Waals surface area contributed by atoms with E-state index >= 15 is 0 Å². The molecular formula is C15H20N2O3. The molecule has 0 unspecified atom stereocenters. The fourth-order valence-electron chi connectivity index (χ4n) is 3.02. The van der Waals surface area contributed by atoms with Gasteiger partial charge in [-0.15, -0.1) is 0 Å². The molecule has 1 aromatic rings. The van der Waals surface area contributed by atoms with E-state index in [0.717, 1.165) is 30.7 Å². The molecule has 1 fully saturated rings. The molecule has 0 spiro atoms. The maximum absolute atomic E-state index is 12.3. The van der Waals surface area contributed by atoms with Gasteiger partial charge in [0.2, 0.25) is 5.91 Å². The van der Waals surface area contributed by atoms with E-state index < -0.39 is 0 Å². The molecule has 0 radical (unpaired) electrons. The van der Waals surface area contributed by atoms with E-state index in [1.807, 2.05) is 18.2 Å². The standard InChI is InChI=1S/C15H20N2O3/c16-9-10-2-1-3-12(10)15(18)17-11-4-5-13-14(8-11)20-7-6-19-13/h4-5,8,10,12H,1-3,6-7,9,16H2,(H,17,18)/t10-,12-/m1/s1. The van der Waals surface area contributed by atoms with Gasteiger partial charge >= 0.3 is 0 Å².